The lowest BCUT2D eigenvalue weighted by atomic mass is 9.94. The van der Waals surface area contributed by atoms with Crippen molar-refractivity contribution in [3.8, 4) is 0 Å². The molecule has 2 aromatic carbocycles. The predicted molar refractivity (Wildman–Crippen MR) is 76.0 cm³/mol. The number of nitrogens with one attached hydrogen (secondary N) is 2. The Hall–Kier alpha value is -2.13. The molecule has 0 radical (unpaired) electrons. The highest BCUT2D eigenvalue weighted by Crippen LogP contribution is 2.23. The zero-order valence-corrected chi connectivity index (χ0v) is 10.6. The maximum absolute atomic E-state index is 12.4. The number of hydrogen-bond donors (Lipinski definition) is 2. The van der Waals surface area contributed by atoms with Crippen molar-refractivity contribution in [3.05, 3.63) is 65.7 Å². The van der Waals surface area contributed by atoms with Crippen LogP contribution in [0.15, 0.2) is 54.6 Å². The van der Waals surface area contributed by atoms with Crippen molar-refractivity contribution in [2.24, 2.45) is 0 Å². The van der Waals surface area contributed by atoms with Gasteiger partial charge in [-0.3, -0.25) is 4.79 Å². The fourth-order valence-corrected chi connectivity index (χ4v) is 2.47. The Kier molecular flexibility index (Phi) is 3.29. The first-order chi connectivity index (χ1) is 9.34. The zero-order chi connectivity index (χ0) is 13.1. The second-order valence-electron chi connectivity index (χ2n) is 4.69. The number of carbonyl (C=O) groups is 1. The van der Waals surface area contributed by atoms with Crippen molar-refractivity contribution >= 4 is 11.6 Å². The summed E-state index contributed by atoms with van der Waals surface area (Å²) in [4.78, 5) is 12.4. The van der Waals surface area contributed by atoms with Gasteiger partial charge in [-0.15, -0.1) is 0 Å². The van der Waals surface area contributed by atoms with Gasteiger partial charge >= 0.3 is 0 Å². The SMILES string of the molecule is O=C(Nc1ccccc1)C1NCCc2ccccc21. The van der Waals surface area contributed by atoms with E-state index in [4.69, 9.17) is 0 Å². The average Bonchev–Trinajstić information content (AvgIpc) is 2.47. The third-order valence-corrected chi connectivity index (χ3v) is 3.41. The molecule has 0 spiro atoms. The van der Waals surface area contributed by atoms with Crippen LogP contribution in [0, 0.1) is 0 Å². The van der Waals surface area contributed by atoms with Crippen molar-refractivity contribution in [1.29, 1.82) is 0 Å². The molecule has 1 unspecified atom stereocenters. The van der Waals surface area contributed by atoms with Crippen LogP contribution in [0.2, 0.25) is 0 Å². The lowest BCUT2D eigenvalue weighted by molar-refractivity contribution is -0.118. The largest absolute Gasteiger partial charge is 0.324 e. The van der Waals surface area contributed by atoms with Crippen LogP contribution in [-0.2, 0) is 11.2 Å². The van der Waals surface area contributed by atoms with Gasteiger partial charge in [-0.1, -0.05) is 42.5 Å². The van der Waals surface area contributed by atoms with E-state index in [1.54, 1.807) is 0 Å². The minimum absolute atomic E-state index is 0.00153. The number of fused-ring (bicyclic) bond motifs is 1. The summed E-state index contributed by atoms with van der Waals surface area (Å²) in [6.45, 7) is 0.837. The molecule has 0 aliphatic carbocycles. The van der Waals surface area contributed by atoms with Gasteiger partial charge in [0, 0.05) is 12.2 Å². The number of amides is 1. The highest BCUT2D eigenvalue weighted by Gasteiger charge is 2.25. The molecule has 2 N–H and O–H groups in total. The van der Waals surface area contributed by atoms with E-state index in [-0.39, 0.29) is 11.9 Å². The van der Waals surface area contributed by atoms with Crippen LogP contribution < -0.4 is 10.6 Å². The molecule has 96 valence electrons. The molecule has 1 aliphatic rings. The smallest absolute Gasteiger partial charge is 0.246 e. The van der Waals surface area contributed by atoms with Crippen LogP contribution in [0.1, 0.15) is 17.2 Å². The molecular weight excluding hydrogens is 236 g/mol. The molecule has 0 saturated heterocycles. The normalized spacial score (nSPS) is 17.6. The zero-order valence-electron chi connectivity index (χ0n) is 10.6. The fraction of sp³-hybridized carbons (Fsp3) is 0.188. The van der Waals surface area contributed by atoms with Crippen molar-refractivity contribution in [2.75, 3.05) is 11.9 Å². The van der Waals surface area contributed by atoms with Gasteiger partial charge in [-0.25, -0.2) is 0 Å². The Labute approximate surface area is 112 Å². The molecule has 1 atom stereocenters. The maximum Gasteiger partial charge on any atom is 0.246 e. The number of hydrogen-bond acceptors (Lipinski definition) is 2. The summed E-state index contributed by atoms with van der Waals surface area (Å²) >= 11 is 0. The summed E-state index contributed by atoms with van der Waals surface area (Å²) in [5.41, 5.74) is 3.17. The van der Waals surface area contributed by atoms with Gasteiger partial charge < -0.3 is 10.6 Å². The van der Waals surface area contributed by atoms with E-state index in [0.29, 0.717) is 0 Å². The van der Waals surface area contributed by atoms with E-state index in [1.807, 2.05) is 48.5 Å². The third kappa shape index (κ3) is 2.51. The molecule has 1 aliphatic heterocycles. The summed E-state index contributed by atoms with van der Waals surface area (Å²) in [5.74, 6) is -0.00153. The van der Waals surface area contributed by atoms with Crippen molar-refractivity contribution < 1.29 is 4.79 Å². The van der Waals surface area contributed by atoms with Gasteiger partial charge in [0.25, 0.3) is 0 Å². The van der Waals surface area contributed by atoms with Crippen LogP contribution in [0.4, 0.5) is 5.69 Å². The van der Waals surface area contributed by atoms with Crippen LogP contribution >= 0.6 is 0 Å². The predicted octanol–water partition coefficient (Wildman–Crippen LogP) is 2.51. The Morgan fingerprint density at radius 1 is 1.05 bits per heavy atom. The first-order valence-corrected chi connectivity index (χ1v) is 6.52. The molecule has 0 saturated carbocycles. The Bertz CT molecular complexity index is 580. The first-order valence-electron chi connectivity index (χ1n) is 6.52. The number of carbonyl (C=O) groups excluding carboxylic acids is 1. The van der Waals surface area contributed by atoms with E-state index < -0.39 is 0 Å². The van der Waals surface area contributed by atoms with Gasteiger partial charge in [-0.2, -0.15) is 0 Å². The average molecular weight is 252 g/mol. The number of para-hydroxylation sites is 1. The topological polar surface area (TPSA) is 41.1 Å². The lowest BCUT2D eigenvalue weighted by Crippen LogP contribution is -2.38. The maximum atomic E-state index is 12.4. The second-order valence-corrected chi connectivity index (χ2v) is 4.69. The highest BCUT2D eigenvalue weighted by molar-refractivity contribution is 5.95. The van der Waals surface area contributed by atoms with Crippen LogP contribution in [-0.4, -0.2) is 12.5 Å². The van der Waals surface area contributed by atoms with E-state index in [2.05, 4.69) is 16.7 Å². The molecule has 1 amide bonds. The van der Waals surface area contributed by atoms with Crippen LogP contribution in [0.25, 0.3) is 0 Å². The summed E-state index contributed by atoms with van der Waals surface area (Å²) in [7, 11) is 0. The lowest BCUT2D eigenvalue weighted by Gasteiger charge is -2.26. The molecule has 0 fully saturated rings. The molecule has 3 heteroatoms. The molecule has 3 rings (SSSR count). The Balaban J connectivity index is 1.82. The van der Waals surface area contributed by atoms with Gasteiger partial charge in [-0.05, 0) is 29.7 Å². The molecule has 19 heavy (non-hydrogen) atoms. The third-order valence-electron chi connectivity index (χ3n) is 3.41. The first kappa shape index (κ1) is 11.9. The number of rotatable bonds is 2. The van der Waals surface area contributed by atoms with E-state index in [1.165, 1.54) is 5.56 Å². The highest BCUT2D eigenvalue weighted by atomic mass is 16.2. The number of benzene rings is 2. The van der Waals surface area contributed by atoms with E-state index >= 15 is 0 Å². The number of anilines is 1. The van der Waals surface area contributed by atoms with Crippen molar-refractivity contribution in [3.63, 3.8) is 0 Å². The van der Waals surface area contributed by atoms with Crippen LogP contribution in [0.3, 0.4) is 0 Å². The molecule has 0 bridgehead atoms. The van der Waals surface area contributed by atoms with E-state index in [9.17, 15) is 4.79 Å². The monoisotopic (exact) mass is 252 g/mol. The van der Waals surface area contributed by atoms with Gasteiger partial charge in [0.05, 0.1) is 0 Å². The molecule has 1 heterocycles. The van der Waals surface area contributed by atoms with Gasteiger partial charge in [0.15, 0.2) is 0 Å². The minimum atomic E-state index is -0.259. The van der Waals surface area contributed by atoms with E-state index in [0.717, 1.165) is 24.2 Å². The van der Waals surface area contributed by atoms with Gasteiger partial charge in [0.2, 0.25) is 5.91 Å². The Morgan fingerprint density at radius 3 is 2.63 bits per heavy atom. The standard InChI is InChI=1S/C16H16N2O/c19-16(18-13-7-2-1-3-8-13)15-14-9-5-4-6-12(14)10-11-17-15/h1-9,15,17H,10-11H2,(H,18,19). The molecule has 2 aromatic rings. The summed E-state index contributed by atoms with van der Waals surface area (Å²) < 4.78 is 0. The summed E-state index contributed by atoms with van der Waals surface area (Å²) in [6, 6.07) is 17.4. The molecular formula is C16H16N2O. The van der Waals surface area contributed by atoms with Crippen molar-refractivity contribution in [1.82, 2.24) is 5.32 Å². The Morgan fingerprint density at radius 2 is 1.79 bits per heavy atom. The molecule has 3 nitrogen and oxygen atoms in total. The molecule has 0 aromatic heterocycles. The van der Waals surface area contributed by atoms with Crippen LogP contribution in [0.5, 0.6) is 0 Å². The fourth-order valence-electron chi connectivity index (χ4n) is 2.47. The van der Waals surface area contributed by atoms with Gasteiger partial charge in [0.1, 0.15) is 6.04 Å². The van der Waals surface area contributed by atoms with Crippen molar-refractivity contribution in [2.45, 2.75) is 12.5 Å². The summed E-state index contributed by atoms with van der Waals surface area (Å²) in [5, 5.41) is 6.23. The summed E-state index contributed by atoms with van der Waals surface area (Å²) in [6.07, 6.45) is 0.977. The second kappa shape index (κ2) is 5.24. The quantitative estimate of drug-likeness (QED) is 0.862. The minimum Gasteiger partial charge on any atom is -0.324 e.